The van der Waals surface area contributed by atoms with E-state index < -0.39 is 4.75 Å². The van der Waals surface area contributed by atoms with Gasteiger partial charge in [0.2, 0.25) is 0 Å². The van der Waals surface area contributed by atoms with Gasteiger partial charge in [-0.05, 0) is 50.1 Å². The van der Waals surface area contributed by atoms with Crippen molar-refractivity contribution in [2.45, 2.75) is 30.4 Å². The maximum absolute atomic E-state index is 11.7. The van der Waals surface area contributed by atoms with Crippen LogP contribution in [0.4, 0.5) is 0 Å². The van der Waals surface area contributed by atoms with Crippen molar-refractivity contribution in [3.05, 3.63) is 54.1 Å². The number of rotatable bonds is 4. The standard InChI is InChI=1S/C18H17NOS/c1-13(20)18(2,3)21-17-7-5-4-6-16(17)15-10-8-14(12-19)9-11-15/h4-11H,1-3H3. The molecule has 2 rings (SSSR count). The van der Waals surface area contributed by atoms with E-state index in [1.807, 2.05) is 62.4 Å². The number of carbonyl (C=O) groups excluding carboxylic acids is 1. The summed E-state index contributed by atoms with van der Waals surface area (Å²) in [6.07, 6.45) is 0. The molecule has 2 aromatic rings. The fourth-order valence-corrected chi connectivity index (χ4v) is 3.00. The maximum Gasteiger partial charge on any atom is 0.145 e. The van der Waals surface area contributed by atoms with Crippen LogP contribution in [0.3, 0.4) is 0 Å². The molecule has 0 saturated carbocycles. The first-order chi connectivity index (χ1) is 9.94. The molecule has 0 radical (unpaired) electrons. The Morgan fingerprint density at radius 1 is 1.10 bits per heavy atom. The first-order valence-electron chi connectivity index (χ1n) is 6.73. The van der Waals surface area contributed by atoms with Gasteiger partial charge in [-0.1, -0.05) is 30.3 Å². The number of Topliss-reactive ketones (excluding diaryl/α,β-unsaturated/α-hetero) is 1. The Kier molecular flexibility index (Phi) is 4.50. The highest BCUT2D eigenvalue weighted by Gasteiger charge is 2.26. The number of hydrogen-bond donors (Lipinski definition) is 0. The van der Waals surface area contributed by atoms with E-state index in [4.69, 9.17) is 5.26 Å². The monoisotopic (exact) mass is 295 g/mol. The molecule has 2 aromatic carbocycles. The number of nitrogens with zero attached hydrogens (tertiary/aromatic N) is 1. The van der Waals surface area contributed by atoms with Gasteiger partial charge in [-0.15, -0.1) is 11.8 Å². The van der Waals surface area contributed by atoms with E-state index in [0.717, 1.165) is 16.0 Å². The van der Waals surface area contributed by atoms with Crippen LogP contribution >= 0.6 is 11.8 Å². The van der Waals surface area contributed by atoms with Crippen molar-refractivity contribution >= 4 is 17.5 Å². The Hall–Kier alpha value is -2.05. The van der Waals surface area contributed by atoms with Crippen molar-refractivity contribution in [3.8, 4) is 17.2 Å². The summed E-state index contributed by atoms with van der Waals surface area (Å²) in [5.74, 6) is 0.155. The number of hydrogen-bond acceptors (Lipinski definition) is 3. The highest BCUT2D eigenvalue weighted by molar-refractivity contribution is 8.01. The molecule has 0 aromatic heterocycles. The minimum atomic E-state index is -0.456. The van der Waals surface area contributed by atoms with Crippen LogP contribution < -0.4 is 0 Å². The van der Waals surface area contributed by atoms with Gasteiger partial charge in [0.25, 0.3) is 0 Å². The molecule has 0 spiro atoms. The normalized spacial score (nSPS) is 11.0. The predicted molar refractivity (Wildman–Crippen MR) is 87.2 cm³/mol. The Morgan fingerprint density at radius 2 is 1.71 bits per heavy atom. The summed E-state index contributed by atoms with van der Waals surface area (Å²) < 4.78 is -0.456. The summed E-state index contributed by atoms with van der Waals surface area (Å²) in [6.45, 7) is 5.50. The molecule has 0 atom stereocenters. The van der Waals surface area contributed by atoms with Crippen molar-refractivity contribution in [2.75, 3.05) is 0 Å². The van der Waals surface area contributed by atoms with E-state index in [9.17, 15) is 4.79 Å². The molecule has 0 saturated heterocycles. The quantitative estimate of drug-likeness (QED) is 0.769. The van der Waals surface area contributed by atoms with Crippen molar-refractivity contribution in [3.63, 3.8) is 0 Å². The summed E-state index contributed by atoms with van der Waals surface area (Å²) >= 11 is 1.57. The Morgan fingerprint density at radius 3 is 2.29 bits per heavy atom. The molecule has 2 nitrogen and oxygen atoms in total. The molecule has 0 aliphatic carbocycles. The van der Waals surface area contributed by atoms with Gasteiger partial charge in [0.05, 0.1) is 16.4 Å². The van der Waals surface area contributed by atoms with Crippen LogP contribution in [0.25, 0.3) is 11.1 Å². The summed E-state index contributed by atoms with van der Waals surface area (Å²) in [5, 5.41) is 8.88. The maximum atomic E-state index is 11.7. The number of nitriles is 1. The molecule has 0 unspecified atom stereocenters. The summed E-state index contributed by atoms with van der Waals surface area (Å²) in [4.78, 5) is 12.8. The van der Waals surface area contributed by atoms with Gasteiger partial charge >= 0.3 is 0 Å². The lowest BCUT2D eigenvalue weighted by Gasteiger charge is -2.22. The largest absolute Gasteiger partial charge is 0.298 e. The van der Waals surface area contributed by atoms with Crippen LogP contribution in [0.1, 0.15) is 26.3 Å². The highest BCUT2D eigenvalue weighted by Crippen LogP contribution is 2.39. The third kappa shape index (κ3) is 3.53. The second-order valence-electron chi connectivity index (χ2n) is 5.35. The van der Waals surface area contributed by atoms with Crippen LogP contribution in [0.2, 0.25) is 0 Å². The molecular formula is C18H17NOS. The lowest BCUT2D eigenvalue weighted by atomic mass is 10.0. The van der Waals surface area contributed by atoms with E-state index in [1.165, 1.54) is 0 Å². The Balaban J connectivity index is 2.41. The molecule has 0 aliphatic heterocycles. The topological polar surface area (TPSA) is 40.9 Å². The van der Waals surface area contributed by atoms with Gasteiger partial charge in [-0.25, -0.2) is 0 Å². The number of carbonyl (C=O) groups is 1. The van der Waals surface area contributed by atoms with E-state index in [0.29, 0.717) is 5.56 Å². The number of ketones is 1. The average Bonchev–Trinajstić information content (AvgIpc) is 2.47. The summed E-state index contributed by atoms with van der Waals surface area (Å²) in [5.41, 5.74) is 2.78. The Bertz CT molecular complexity index is 696. The van der Waals surface area contributed by atoms with Crippen LogP contribution in [-0.4, -0.2) is 10.5 Å². The molecule has 0 amide bonds. The van der Waals surface area contributed by atoms with Crippen molar-refractivity contribution in [2.24, 2.45) is 0 Å². The summed E-state index contributed by atoms with van der Waals surface area (Å²) in [6, 6.07) is 17.7. The third-order valence-electron chi connectivity index (χ3n) is 3.43. The molecule has 0 N–H and O–H groups in total. The van der Waals surface area contributed by atoms with E-state index >= 15 is 0 Å². The van der Waals surface area contributed by atoms with Gasteiger partial charge in [-0.3, -0.25) is 4.79 Å². The minimum Gasteiger partial charge on any atom is -0.298 e. The van der Waals surface area contributed by atoms with Gasteiger partial charge in [0.15, 0.2) is 0 Å². The zero-order valence-electron chi connectivity index (χ0n) is 12.4. The van der Waals surface area contributed by atoms with E-state index in [1.54, 1.807) is 18.7 Å². The molecule has 0 aliphatic rings. The van der Waals surface area contributed by atoms with Gasteiger partial charge in [0, 0.05) is 4.90 Å². The van der Waals surface area contributed by atoms with Gasteiger partial charge < -0.3 is 0 Å². The van der Waals surface area contributed by atoms with Gasteiger partial charge in [0.1, 0.15) is 5.78 Å². The van der Waals surface area contributed by atoms with E-state index in [2.05, 4.69) is 6.07 Å². The zero-order valence-corrected chi connectivity index (χ0v) is 13.2. The fraction of sp³-hybridized carbons (Fsp3) is 0.222. The van der Waals surface area contributed by atoms with Crippen LogP contribution in [0.5, 0.6) is 0 Å². The van der Waals surface area contributed by atoms with Crippen LogP contribution in [0.15, 0.2) is 53.4 Å². The molecule has 0 heterocycles. The summed E-state index contributed by atoms with van der Waals surface area (Å²) in [7, 11) is 0. The highest BCUT2D eigenvalue weighted by atomic mass is 32.2. The van der Waals surface area contributed by atoms with Crippen molar-refractivity contribution in [1.29, 1.82) is 5.26 Å². The lowest BCUT2D eigenvalue weighted by Crippen LogP contribution is -2.24. The fourth-order valence-electron chi connectivity index (χ4n) is 1.87. The molecule has 0 fully saturated rings. The second kappa shape index (κ2) is 6.15. The second-order valence-corrected chi connectivity index (χ2v) is 7.02. The number of benzene rings is 2. The SMILES string of the molecule is CC(=O)C(C)(C)Sc1ccccc1-c1ccc(C#N)cc1. The average molecular weight is 295 g/mol. The molecular weight excluding hydrogens is 278 g/mol. The van der Waals surface area contributed by atoms with Gasteiger partial charge in [-0.2, -0.15) is 5.26 Å². The third-order valence-corrected chi connectivity index (χ3v) is 4.80. The minimum absolute atomic E-state index is 0.155. The van der Waals surface area contributed by atoms with Crippen molar-refractivity contribution < 1.29 is 4.79 Å². The zero-order chi connectivity index (χ0) is 15.5. The lowest BCUT2D eigenvalue weighted by molar-refractivity contribution is -0.118. The smallest absolute Gasteiger partial charge is 0.145 e. The Labute approximate surface area is 129 Å². The van der Waals surface area contributed by atoms with E-state index in [-0.39, 0.29) is 5.78 Å². The molecule has 21 heavy (non-hydrogen) atoms. The van der Waals surface area contributed by atoms with Crippen LogP contribution in [-0.2, 0) is 4.79 Å². The predicted octanol–water partition coefficient (Wildman–Crippen LogP) is 4.68. The first kappa shape index (κ1) is 15.3. The number of thioether (sulfide) groups is 1. The molecule has 106 valence electrons. The van der Waals surface area contributed by atoms with Crippen molar-refractivity contribution in [1.82, 2.24) is 0 Å². The molecule has 0 bridgehead atoms. The van der Waals surface area contributed by atoms with Crippen LogP contribution in [0, 0.1) is 11.3 Å². The molecule has 3 heteroatoms. The first-order valence-corrected chi connectivity index (χ1v) is 7.55.